The second-order valence-electron chi connectivity index (χ2n) is 7.91. The highest BCUT2D eigenvalue weighted by atomic mass is 16.5. The van der Waals surface area contributed by atoms with Crippen LogP contribution in [0.3, 0.4) is 0 Å². The molecule has 0 unspecified atom stereocenters. The molecule has 0 spiro atoms. The number of esters is 1. The number of hydrogen-bond acceptors (Lipinski definition) is 4. The number of hydrogen-bond donors (Lipinski definition) is 0. The minimum Gasteiger partial charge on any atom is -0.464 e. The van der Waals surface area contributed by atoms with E-state index in [2.05, 4.69) is 0 Å². The van der Waals surface area contributed by atoms with Crippen molar-refractivity contribution < 1.29 is 18.7 Å². The van der Waals surface area contributed by atoms with E-state index in [1.807, 2.05) is 66.7 Å². The van der Waals surface area contributed by atoms with E-state index in [-0.39, 0.29) is 12.3 Å². The van der Waals surface area contributed by atoms with Gasteiger partial charge in [0.2, 0.25) is 6.10 Å². The number of rotatable bonds is 5. The van der Waals surface area contributed by atoms with Gasteiger partial charge < -0.3 is 14.1 Å². The first-order valence-corrected chi connectivity index (χ1v) is 10.6. The van der Waals surface area contributed by atoms with Gasteiger partial charge in [0.15, 0.2) is 0 Å². The zero-order valence-electron chi connectivity index (χ0n) is 17.1. The van der Waals surface area contributed by atoms with E-state index in [0.29, 0.717) is 18.7 Å². The lowest BCUT2D eigenvalue weighted by molar-refractivity contribution is -0.160. The molecule has 5 heteroatoms. The summed E-state index contributed by atoms with van der Waals surface area (Å²) in [6, 6.07) is 21.2. The number of furan rings is 1. The van der Waals surface area contributed by atoms with Crippen LogP contribution in [0.4, 0.5) is 0 Å². The van der Waals surface area contributed by atoms with Crippen LogP contribution in [0.25, 0.3) is 21.7 Å². The van der Waals surface area contributed by atoms with Crippen molar-refractivity contribution in [2.75, 3.05) is 13.1 Å². The summed E-state index contributed by atoms with van der Waals surface area (Å²) >= 11 is 0. The SMILES string of the molecule is O=C(Cc1coc2ccc3ccccc3c12)O[C@H](C(=O)N1CCCC1)c1ccccc1. The van der Waals surface area contributed by atoms with Crippen LogP contribution in [0.1, 0.15) is 30.1 Å². The molecule has 5 nitrogen and oxygen atoms in total. The Bertz CT molecular complexity index is 1240. The first kappa shape index (κ1) is 19.4. The first-order chi connectivity index (χ1) is 15.2. The molecule has 0 bridgehead atoms. The van der Waals surface area contributed by atoms with E-state index < -0.39 is 12.1 Å². The molecule has 1 aliphatic heterocycles. The van der Waals surface area contributed by atoms with Gasteiger partial charge in [-0.05, 0) is 29.7 Å². The summed E-state index contributed by atoms with van der Waals surface area (Å²) in [7, 11) is 0. The number of fused-ring (bicyclic) bond motifs is 3. The van der Waals surface area contributed by atoms with Crippen LogP contribution in [0.15, 0.2) is 77.4 Å². The van der Waals surface area contributed by atoms with Crippen molar-refractivity contribution in [3.05, 3.63) is 84.1 Å². The second kappa shape index (κ2) is 8.26. The van der Waals surface area contributed by atoms with Gasteiger partial charge in [-0.25, -0.2) is 0 Å². The second-order valence-corrected chi connectivity index (χ2v) is 7.91. The van der Waals surface area contributed by atoms with E-state index >= 15 is 0 Å². The molecule has 0 radical (unpaired) electrons. The Labute approximate surface area is 180 Å². The summed E-state index contributed by atoms with van der Waals surface area (Å²) in [6.07, 6.45) is 2.68. The number of amides is 1. The molecular formula is C26H23NO4. The minimum atomic E-state index is -0.929. The summed E-state index contributed by atoms with van der Waals surface area (Å²) in [4.78, 5) is 27.8. The van der Waals surface area contributed by atoms with Gasteiger partial charge in [-0.1, -0.05) is 60.7 Å². The van der Waals surface area contributed by atoms with Crippen LogP contribution in [0.5, 0.6) is 0 Å². The van der Waals surface area contributed by atoms with Crippen molar-refractivity contribution in [1.82, 2.24) is 4.90 Å². The number of nitrogens with zero attached hydrogens (tertiary/aromatic N) is 1. The standard InChI is InChI=1S/C26H23NO4/c28-23(16-20-17-30-22-13-12-18-8-4-5-11-21(18)24(20)22)31-25(19-9-2-1-3-10-19)26(29)27-14-6-7-15-27/h1-5,8-13,17,25H,6-7,14-16H2/t25-/m0/s1. The number of benzene rings is 3. The van der Waals surface area contributed by atoms with Crippen LogP contribution in [0.2, 0.25) is 0 Å². The van der Waals surface area contributed by atoms with Crippen molar-refractivity contribution in [2.24, 2.45) is 0 Å². The normalized spacial score (nSPS) is 14.8. The van der Waals surface area contributed by atoms with Gasteiger partial charge in [-0.15, -0.1) is 0 Å². The highest BCUT2D eigenvalue weighted by Gasteiger charge is 2.31. The molecule has 1 fully saturated rings. The number of ether oxygens (including phenoxy) is 1. The lowest BCUT2D eigenvalue weighted by Crippen LogP contribution is -2.35. The van der Waals surface area contributed by atoms with Gasteiger partial charge in [0.25, 0.3) is 5.91 Å². The Kier molecular flexibility index (Phi) is 5.16. The summed E-state index contributed by atoms with van der Waals surface area (Å²) in [5.74, 6) is -0.600. The van der Waals surface area contributed by atoms with Gasteiger partial charge in [-0.2, -0.15) is 0 Å². The zero-order chi connectivity index (χ0) is 21.2. The average molecular weight is 413 g/mol. The number of carbonyl (C=O) groups excluding carboxylic acids is 2. The van der Waals surface area contributed by atoms with Crippen LogP contribution < -0.4 is 0 Å². The van der Waals surface area contributed by atoms with E-state index in [0.717, 1.165) is 40.1 Å². The fourth-order valence-electron chi connectivity index (χ4n) is 4.33. The molecule has 1 aliphatic rings. The Balaban J connectivity index is 1.42. The van der Waals surface area contributed by atoms with E-state index in [1.165, 1.54) is 0 Å². The van der Waals surface area contributed by atoms with Crippen LogP contribution >= 0.6 is 0 Å². The summed E-state index contributed by atoms with van der Waals surface area (Å²) < 4.78 is 11.5. The molecule has 156 valence electrons. The molecule has 1 saturated heterocycles. The molecule has 3 aromatic carbocycles. The lowest BCUT2D eigenvalue weighted by atomic mass is 10.0. The molecule has 1 aromatic heterocycles. The lowest BCUT2D eigenvalue weighted by Gasteiger charge is -2.23. The van der Waals surface area contributed by atoms with Gasteiger partial charge >= 0.3 is 5.97 Å². The third kappa shape index (κ3) is 3.79. The summed E-state index contributed by atoms with van der Waals surface area (Å²) in [5, 5.41) is 3.03. The van der Waals surface area contributed by atoms with Crippen LogP contribution in [-0.2, 0) is 20.7 Å². The fraction of sp³-hybridized carbons (Fsp3) is 0.231. The zero-order valence-corrected chi connectivity index (χ0v) is 17.1. The minimum absolute atomic E-state index is 0.0393. The predicted octanol–water partition coefficient (Wildman–Crippen LogP) is 5.04. The Morgan fingerprint density at radius 1 is 0.935 bits per heavy atom. The predicted molar refractivity (Wildman–Crippen MR) is 119 cm³/mol. The first-order valence-electron chi connectivity index (χ1n) is 10.6. The number of carbonyl (C=O) groups is 2. The van der Waals surface area contributed by atoms with Crippen molar-refractivity contribution in [3.63, 3.8) is 0 Å². The molecule has 1 atom stereocenters. The van der Waals surface area contributed by atoms with Crippen LogP contribution in [0, 0.1) is 0 Å². The number of likely N-dealkylation sites (tertiary alicyclic amines) is 1. The van der Waals surface area contributed by atoms with Crippen molar-refractivity contribution in [1.29, 1.82) is 0 Å². The molecule has 5 rings (SSSR count). The molecule has 4 aromatic rings. The summed E-state index contributed by atoms with van der Waals surface area (Å²) in [5.41, 5.74) is 2.18. The smallest absolute Gasteiger partial charge is 0.311 e. The molecule has 0 aliphatic carbocycles. The Morgan fingerprint density at radius 2 is 1.68 bits per heavy atom. The van der Waals surface area contributed by atoms with Crippen LogP contribution in [-0.4, -0.2) is 29.9 Å². The van der Waals surface area contributed by atoms with E-state index in [1.54, 1.807) is 11.2 Å². The maximum Gasteiger partial charge on any atom is 0.311 e. The van der Waals surface area contributed by atoms with Gasteiger partial charge in [-0.3, -0.25) is 9.59 Å². The Hall–Kier alpha value is -3.60. The third-order valence-electron chi connectivity index (χ3n) is 5.87. The molecule has 1 amide bonds. The maximum atomic E-state index is 13.1. The van der Waals surface area contributed by atoms with E-state index in [4.69, 9.17) is 9.15 Å². The van der Waals surface area contributed by atoms with Gasteiger partial charge in [0, 0.05) is 29.6 Å². The highest BCUT2D eigenvalue weighted by molar-refractivity contribution is 6.08. The largest absolute Gasteiger partial charge is 0.464 e. The quantitative estimate of drug-likeness (QED) is 0.430. The highest BCUT2D eigenvalue weighted by Crippen LogP contribution is 2.31. The monoisotopic (exact) mass is 413 g/mol. The van der Waals surface area contributed by atoms with Crippen molar-refractivity contribution in [2.45, 2.75) is 25.4 Å². The van der Waals surface area contributed by atoms with Crippen molar-refractivity contribution in [3.8, 4) is 0 Å². The third-order valence-corrected chi connectivity index (χ3v) is 5.87. The van der Waals surface area contributed by atoms with E-state index in [9.17, 15) is 9.59 Å². The fourth-order valence-corrected chi connectivity index (χ4v) is 4.33. The average Bonchev–Trinajstić information content (AvgIpc) is 3.48. The molecule has 0 saturated carbocycles. The molecule has 2 heterocycles. The summed E-state index contributed by atoms with van der Waals surface area (Å²) in [6.45, 7) is 1.41. The topological polar surface area (TPSA) is 59.8 Å². The van der Waals surface area contributed by atoms with Gasteiger partial charge in [0.1, 0.15) is 5.58 Å². The van der Waals surface area contributed by atoms with Gasteiger partial charge in [0.05, 0.1) is 12.7 Å². The van der Waals surface area contributed by atoms with Crippen molar-refractivity contribution >= 4 is 33.6 Å². The molecule has 0 N–H and O–H groups in total. The Morgan fingerprint density at radius 3 is 2.48 bits per heavy atom. The molecular weight excluding hydrogens is 390 g/mol. The maximum absolute atomic E-state index is 13.1. The molecule has 31 heavy (non-hydrogen) atoms.